The summed E-state index contributed by atoms with van der Waals surface area (Å²) in [5.41, 5.74) is 12.6. The summed E-state index contributed by atoms with van der Waals surface area (Å²) in [6.45, 7) is 0. The maximum atomic E-state index is 5.28. The van der Waals surface area contributed by atoms with Crippen molar-refractivity contribution < 1.29 is 0 Å². The Morgan fingerprint density at radius 2 is 0.883 bits per heavy atom. The van der Waals surface area contributed by atoms with Crippen LogP contribution in [0, 0.1) is 0 Å². The van der Waals surface area contributed by atoms with Crippen molar-refractivity contribution in [2.45, 2.75) is 0 Å². The minimum Gasteiger partial charge on any atom is -0.309 e. The fourth-order valence-electron chi connectivity index (χ4n) is 9.70. The van der Waals surface area contributed by atoms with E-state index in [-0.39, 0.29) is 0 Å². The molecule has 0 spiro atoms. The Morgan fingerprint density at radius 3 is 1.68 bits per heavy atom. The molecule has 13 rings (SSSR count). The lowest BCUT2D eigenvalue weighted by Gasteiger charge is -2.14. The first-order valence-corrected chi connectivity index (χ1v) is 20.5. The zero-order valence-electron chi connectivity index (χ0n) is 32.4. The number of fused-ring (bicyclic) bond motifs is 11. The molecule has 4 nitrogen and oxygen atoms in total. The highest BCUT2D eigenvalue weighted by Gasteiger charge is 2.20. The highest BCUT2D eigenvalue weighted by atomic mass is 15.0. The van der Waals surface area contributed by atoms with Crippen molar-refractivity contribution >= 4 is 87.0 Å². The Bertz CT molecular complexity index is 3880. The molecule has 4 heteroatoms. The van der Waals surface area contributed by atoms with Gasteiger partial charge in [0.25, 0.3) is 0 Å². The first-order chi connectivity index (χ1) is 29.7. The summed E-state index contributed by atoms with van der Waals surface area (Å²) in [5, 5.41) is 12.2. The second-order valence-electron chi connectivity index (χ2n) is 15.8. The molecule has 0 aliphatic heterocycles. The first kappa shape index (κ1) is 32.9. The van der Waals surface area contributed by atoms with Gasteiger partial charge in [-0.25, -0.2) is 9.97 Å². The van der Waals surface area contributed by atoms with Crippen LogP contribution in [0.3, 0.4) is 0 Å². The standard InChI is InChI=1S/C56H34N4/c1-2-15-39-33-53-47(32-38(39)14-1)48-34-41(60-51-23-10-7-19-44(51)46-30-26-36-13-4-6-18-43(36)56(46)60)29-31-52(48)59(53)40-27-24-37(25-28-40)54-55(58-50-22-9-8-21-49(50)57-54)45-20-11-16-35-12-3-5-17-42(35)45/h1-34H. The van der Waals surface area contributed by atoms with Crippen LogP contribution in [-0.4, -0.2) is 19.1 Å². The van der Waals surface area contributed by atoms with Gasteiger partial charge >= 0.3 is 0 Å². The van der Waals surface area contributed by atoms with E-state index in [9.17, 15) is 0 Å². The van der Waals surface area contributed by atoms with Gasteiger partial charge < -0.3 is 9.13 Å². The van der Waals surface area contributed by atoms with Crippen LogP contribution >= 0.6 is 0 Å². The highest BCUT2D eigenvalue weighted by Crippen LogP contribution is 2.41. The maximum absolute atomic E-state index is 5.28. The quantitative estimate of drug-likeness (QED) is 0.179. The molecule has 10 aromatic carbocycles. The molecule has 0 saturated carbocycles. The molecule has 60 heavy (non-hydrogen) atoms. The van der Waals surface area contributed by atoms with E-state index < -0.39 is 0 Å². The number of para-hydroxylation sites is 3. The molecule has 0 aliphatic rings. The SMILES string of the molecule is c1ccc2cc3c(cc2c1)c1cc(-n2c4ccccc4c4ccc5ccccc5c42)ccc1n3-c1ccc(-c2nc3ccccc3nc2-c2cccc3ccccc23)cc1. The fraction of sp³-hybridized carbons (Fsp3) is 0. The molecular weight excluding hydrogens is 729 g/mol. The number of nitrogens with zero attached hydrogens (tertiary/aromatic N) is 4. The lowest BCUT2D eigenvalue weighted by atomic mass is 9.98. The van der Waals surface area contributed by atoms with E-state index in [2.05, 4.69) is 191 Å². The van der Waals surface area contributed by atoms with E-state index in [0.29, 0.717) is 0 Å². The van der Waals surface area contributed by atoms with Crippen molar-refractivity contribution in [1.29, 1.82) is 0 Å². The molecule has 3 aromatic heterocycles. The van der Waals surface area contributed by atoms with Crippen LogP contribution in [0.1, 0.15) is 0 Å². The van der Waals surface area contributed by atoms with Crippen molar-refractivity contribution in [3.8, 4) is 33.9 Å². The Kier molecular flexibility index (Phi) is 6.98. The minimum atomic E-state index is 0.869. The van der Waals surface area contributed by atoms with Crippen molar-refractivity contribution in [2.24, 2.45) is 0 Å². The Labute approximate surface area is 344 Å². The van der Waals surface area contributed by atoms with Crippen LogP contribution < -0.4 is 0 Å². The van der Waals surface area contributed by atoms with Gasteiger partial charge in [0, 0.05) is 49.4 Å². The number of benzene rings is 10. The van der Waals surface area contributed by atoms with Crippen molar-refractivity contribution in [3.05, 3.63) is 206 Å². The summed E-state index contributed by atoms with van der Waals surface area (Å²) in [6.07, 6.45) is 0. The smallest absolute Gasteiger partial charge is 0.0979 e. The lowest BCUT2D eigenvalue weighted by molar-refractivity contribution is 1.17. The van der Waals surface area contributed by atoms with Gasteiger partial charge in [0.2, 0.25) is 0 Å². The molecule has 278 valence electrons. The van der Waals surface area contributed by atoms with Gasteiger partial charge in [-0.1, -0.05) is 146 Å². The van der Waals surface area contributed by atoms with Gasteiger partial charge in [-0.2, -0.15) is 0 Å². The van der Waals surface area contributed by atoms with Crippen LogP contribution in [0.4, 0.5) is 0 Å². The summed E-state index contributed by atoms with van der Waals surface area (Å²) in [7, 11) is 0. The van der Waals surface area contributed by atoms with E-state index in [1.54, 1.807) is 0 Å². The fourth-order valence-corrected chi connectivity index (χ4v) is 9.70. The molecular formula is C56H34N4. The van der Waals surface area contributed by atoms with E-state index >= 15 is 0 Å². The predicted molar refractivity (Wildman–Crippen MR) is 252 cm³/mol. The normalized spacial score (nSPS) is 12.0. The molecule has 0 amide bonds. The van der Waals surface area contributed by atoms with Crippen LogP contribution in [0.15, 0.2) is 206 Å². The topological polar surface area (TPSA) is 35.6 Å². The average molecular weight is 763 g/mol. The largest absolute Gasteiger partial charge is 0.309 e. The number of aromatic nitrogens is 4. The maximum Gasteiger partial charge on any atom is 0.0979 e. The number of hydrogen-bond donors (Lipinski definition) is 0. The van der Waals surface area contributed by atoms with E-state index in [1.807, 2.05) is 24.3 Å². The van der Waals surface area contributed by atoms with Gasteiger partial charge in [-0.15, -0.1) is 0 Å². The summed E-state index contributed by atoms with van der Waals surface area (Å²) in [5.74, 6) is 0. The summed E-state index contributed by atoms with van der Waals surface area (Å²) in [6, 6.07) is 74.4. The van der Waals surface area contributed by atoms with Crippen molar-refractivity contribution in [3.63, 3.8) is 0 Å². The van der Waals surface area contributed by atoms with E-state index in [0.717, 1.165) is 55.8 Å². The van der Waals surface area contributed by atoms with E-state index in [4.69, 9.17) is 9.97 Å². The molecule has 0 atom stereocenters. The third kappa shape index (κ3) is 4.85. The third-order valence-corrected chi connectivity index (χ3v) is 12.4. The Hall–Kier alpha value is -8.08. The van der Waals surface area contributed by atoms with Gasteiger partial charge in [0.05, 0.1) is 44.5 Å². The van der Waals surface area contributed by atoms with Gasteiger partial charge in [0.15, 0.2) is 0 Å². The molecule has 0 aliphatic carbocycles. The Balaban J connectivity index is 1.03. The monoisotopic (exact) mass is 762 g/mol. The average Bonchev–Trinajstić information content (AvgIpc) is 3.82. The number of rotatable bonds is 4. The minimum absolute atomic E-state index is 0.869. The zero-order chi connectivity index (χ0) is 39.3. The van der Waals surface area contributed by atoms with Crippen LogP contribution in [0.5, 0.6) is 0 Å². The summed E-state index contributed by atoms with van der Waals surface area (Å²) >= 11 is 0. The summed E-state index contributed by atoms with van der Waals surface area (Å²) < 4.78 is 4.88. The molecule has 0 unspecified atom stereocenters. The van der Waals surface area contributed by atoms with Crippen LogP contribution in [0.2, 0.25) is 0 Å². The first-order valence-electron chi connectivity index (χ1n) is 20.5. The molecule has 0 radical (unpaired) electrons. The van der Waals surface area contributed by atoms with Crippen molar-refractivity contribution in [2.75, 3.05) is 0 Å². The van der Waals surface area contributed by atoms with Crippen LogP contribution in [0.25, 0.3) is 121 Å². The van der Waals surface area contributed by atoms with E-state index in [1.165, 1.54) is 65.0 Å². The zero-order valence-corrected chi connectivity index (χ0v) is 32.4. The van der Waals surface area contributed by atoms with Gasteiger partial charge in [0.1, 0.15) is 0 Å². The third-order valence-electron chi connectivity index (χ3n) is 12.4. The molecule has 13 aromatic rings. The van der Waals surface area contributed by atoms with Gasteiger partial charge in [-0.05, 0) is 87.6 Å². The molecule has 0 saturated heterocycles. The van der Waals surface area contributed by atoms with Crippen LogP contribution in [-0.2, 0) is 0 Å². The number of hydrogen-bond acceptors (Lipinski definition) is 2. The lowest BCUT2D eigenvalue weighted by Crippen LogP contribution is -1.98. The summed E-state index contributed by atoms with van der Waals surface area (Å²) in [4.78, 5) is 10.5. The molecule has 0 bridgehead atoms. The second-order valence-corrected chi connectivity index (χ2v) is 15.8. The molecule has 0 N–H and O–H groups in total. The predicted octanol–water partition coefficient (Wildman–Crippen LogP) is 14.6. The van der Waals surface area contributed by atoms with Crippen molar-refractivity contribution in [1.82, 2.24) is 19.1 Å². The van der Waals surface area contributed by atoms with Gasteiger partial charge in [-0.3, -0.25) is 0 Å². The highest BCUT2D eigenvalue weighted by molar-refractivity contribution is 6.19. The Morgan fingerprint density at radius 1 is 0.300 bits per heavy atom. The molecule has 3 heterocycles. The second kappa shape index (κ2) is 12.7. The molecule has 0 fully saturated rings.